The number of amides is 1. The highest BCUT2D eigenvalue weighted by molar-refractivity contribution is 7.89. The fourth-order valence-electron chi connectivity index (χ4n) is 2.85. The van der Waals surface area contributed by atoms with Crippen LogP contribution in [0.3, 0.4) is 0 Å². The van der Waals surface area contributed by atoms with Crippen LogP contribution in [0.5, 0.6) is 0 Å². The normalized spacial score (nSPS) is 14.7. The molecule has 0 spiro atoms. The number of fused-ring (bicyclic) bond motifs is 1. The van der Waals surface area contributed by atoms with Gasteiger partial charge in [-0.05, 0) is 25.1 Å². The van der Waals surface area contributed by atoms with E-state index >= 15 is 0 Å². The van der Waals surface area contributed by atoms with Crippen molar-refractivity contribution < 1.29 is 17.6 Å². The lowest BCUT2D eigenvalue weighted by Gasteiger charge is -2.25. The SMILES string of the molecule is Cc1ccc(S(=O)(=O)N2CCc3nc(NC(=O)c4ccoc4)sc3C2)cc1. The Labute approximate surface area is 160 Å². The lowest BCUT2D eigenvalue weighted by atomic mass is 10.2. The van der Waals surface area contributed by atoms with Crippen molar-refractivity contribution in [2.24, 2.45) is 0 Å². The van der Waals surface area contributed by atoms with Gasteiger partial charge in [0.25, 0.3) is 5.91 Å². The fraction of sp³-hybridized carbons (Fsp3) is 0.222. The number of aromatic nitrogens is 1. The van der Waals surface area contributed by atoms with Crippen LogP contribution in [0.4, 0.5) is 5.13 Å². The van der Waals surface area contributed by atoms with Crippen LogP contribution in [-0.2, 0) is 23.0 Å². The zero-order valence-corrected chi connectivity index (χ0v) is 16.1. The van der Waals surface area contributed by atoms with E-state index in [0.29, 0.717) is 23.7 Å². The van der Waals surface area contributed by atoms with Gasteiger partial charge in [-0.2, -0.15) is 4.31 Å². The van der Waals surface area contributed by atoms with E-state index in [1.54, 1.807) is 30.3 Å². The predicted octanol–water partition coefficient (Wildman–Crippen LogP) is 3.04. The predicted molar refractivity (Wildman–Crippen MR) is 101 cm³/mol. The molecule has 1 aliphatic rings. The minimum absolute atomic E-state index is 0.255. The van der Waals surface area contributed by atoms with Gasteiger partial charge in [-0.3, -0.25) is 10.1 Å². The molecule has 0 unspecified atom stereocenters. The first-order valence-corrected chi connectivity index (χ1v) is 10.6. The number of benzene rings is 1. The van der Waals surface area contributed by atoms with E-state index in [9.17, 15) is 13.2 Å². The zero-order valence-electron chi connectivity index (χ0n) is 14.5. The molecule has 1 aromatic carbocycles. The summed E-state index contributed by atoms with van der Waals surface area (Å²) in [5, 5.41) is 3.19. The monoisotopic (exact) mass is 403 g/mol. The van der Waals surface area contributed by atoms with Crippen LogP contribution in [0.25, 0.3) is 0 Å². The van der Waals surface area contributed by atoms with E-state index < -0.39 is 10.0 Å². The van der Waals surface area contributed by atoms with Gasteiger partial charge < -0.3 is 4.42 Å². The van der Waals surface area contributed by atoms with Crippen molar-refractivity contribution in [3.05, 3.63) is 64.6 Å². The van der Waals surface area contributed by atoms with Gasteiger partial charge in [-0.1, -0.05) is 17.7 Å². The molecule has 0 fully saturated rings. The number of nitrogens with one attached hydrogen (secondary N) is 1. The second kappa shape index (κ2) is 6.91. The Morgan fingerprint density at radius 1 is 1.26 bits per heavy atom. The largest absolute Gasteiger partial charge is 0.472 e. The van der Waals surface area contributed by atoms with Crippen LogP contribution in [0, 0.1) is 6.92 Å². The number of furan rings is 1. The Hall–Kier alpha value is -2.49. The second-order valence-corrected chi connectivity index (χ2v) is 9.28. The van der Waals surface area contributed by atoms with Gasteiger partial charge in [0.05, 0.1) is 29.0 Å². The summed E-state index contributed by atoms with van der Waals surface area (Å²) in [4.78, 5) is 17.7. The summed E-state index contributed by atoms with van der Waals surface area (Å²) in [6.07, 6.45) is 3.30. The van der Waals surface area contributed by atoms with Crippen molar-refractivity contribution >= 4 is 32.4 Å². The number of sulfonamides is 1. The molecule has 0 saturated carbocycles. The second-order valence-electron chi connectivity index (χ2n) is 6.26. The molecule has 4 rings (SSSR count). The molecule has 140 valence electrons. The molecular weight excluding hydrogens is 386 g/mol. The lowest BCUT2D eigenvalue weighted by molar-refractivity contribution is 0.102. The van der Waals surface area contributed by atoms with Gasteiger partial charge >= 0.3 is 0 Å². The van der Waals surface area contributed by atoms with Crippen molar-refractivity contribution in [2.75, 3.05) is 11.9 Å². The zero-order chi connectivity index (χ0) is 19.0. The third kappa shape index (κ3) is 3.53. The van der Waals surface area contributed by atoms with E-state index in [1.807, 2.05) is 6.92 Å². The highest BCUT2D eigenvalue weighted by atomic mass is 32.2. The molecule has 0 saturated heterocycles. The number of anilines is 1. The standard InChI is InChI=1S/C18H17N3O4S2/c1-12-2-4-14(5-3-12)27(23,24)21-8-6-15-16(10-21)26-18(19-15)20-17(22)13-7-9-25-11-13/h2-5,7,9,11H,6,8,10H2,1H3,(H,19,20,22). The van der Waals surface area contributed by atoms with Gasteiger partial charge in [-0.15, -0.1) is 11.3 Å². The van der Waals surface area contributed by atoms with Crippen molar-refractivity contribution in [3.63, 3.8) is 0 Å². The highest BCUT2D eigenvalue weighted by Gasteiger charge is 2.30. The summed E-state index contributed by atoms with van der Waals surface area (Å²) in [7, 11) is -3.56. The number of thiazole rings is 1. The van der Waals surface area contributed by atoms with E-state index in [1.165, 1.54) is 28.2 Å². The van der Waals surface area contributed by atoms with E-state index in [4.69, 9.17) is 4.42 Å². The molecule has 0 atom stereocenters. The maximum absolute atomic E-state index is 12.9. The molecule has 2 aromatic heterocycles. The maximum Gasteiger partial charge on any atom is 0.260 e. The van der Waals surface area contributed by atoms with E-state index in [-0.39, 0.29) is 17.3 Å². The van der Waals surface area contributed by atoms with E-state index in [2.05, 4.69) is 10.3 Å². The van der Waals surface area contributed by atoms with Gasteiger partial charge in [0.1, 0.15) is 6.26 Å². The molecule has 0 radical (unpaired) electrons. The van der Waals surface area contributed by atoms with E-state index in [0.717, 1.165) is 16.1 Å². The molecule has 0 aliphatic carbocycles. The van der Waals surface area contributed by atoms with Crippen molar-refractivity contribution in [1.29, 1.82) is 0 Å². The molecule has 27 heavy (non-hydrogen) atoms. The number of carbonyl (C=O) groups is 1. The summed E-state index contributed by atoms with van der Waals surface area (Å²) in [5.41, 5.74) is 2.25. The van der Waals surface area contributed by atoms with Crippen LogP contribution >= 0.6 is 11.3 Å². The molecule has 1 amide bonds. The fourth-order valence-corrected chi connectivity index (χ4v) is 5.36. The molecule has 7 nitrogen and oxygen atoms in total. The summed E-state index contributed by atoms with van der Waals surface area (Å²) < 4.78 is 32.1. The van der Waals surface area contributed by atoms with Crippen LogP contribution in [0.2, 0.25) is 0 Å². The summed E-state index contributed by atoms with van der Waals surface area (Å²) in [6, 6.07) is 8.41. The number of aryl methyl sites for hydroxylation is 1. The van der Waals surface area contributed by atoms with Crippen LogP contribution < -0.4 is 5.32 Å². The Kier molecular flexibility index (Phi) is 4.58. The van der Waals surface area contributed by atoms with Gasteiger partial charge in [0.2, 0.25) is 10.0 Å². The smallest absolute Gasteiger partial charge is 0.260 e. The van der Waals surface area contributed by atoms with Crippen LogP contribution in [0.1, 0.15) is 26.5 Å². The minimum Gasteiger partial charge on any atom is -0.472 e. The number of hydrogen-bond donors (Lipinski definition) is 1. The Morgan fingerprint density at radius 3 is 2.74 bits per heavy atom. The third-order valence-corrected chi connectivity index (χ3v) is 7.22. The Bertz CT molecular complexity index is 1070. The number of carbonyl (C=O) groups excluding carboxylic acids is 1. The summed E-state index contributed by atoms with van der Waals surface area (Å²) in [6.45, 7) is 2.53. The maximum atomic E-state index is 12.9. The van der Waals surface area contributed by atoms with Gasteiger partial charge in [0.15, 0.2) is 5.13 Å². The van der Waals surface area contributed by atoms with Crippen molar-refractivity contribution in [3.8, 4) is 0 Å². The molecule has 1 aliphatic heterocycles. The number of nitrogens with zero attached hydrogens (tertiary/aromatic N) is 2. The third-order valence-electron chi connectivity index (χ3n) is 4.36. The van der Waals surface area contributed by atoms with Crippen molar-refractivity contribution in [1.82, 2.24) is 9.29 Å². The molecule has 3 aromatic rings. The number of rotatable bonds is 4. The Balaban J connectivity index is 1.52. The summed E-state index contributed by atoms with van der Waals surface area (Å²) >= 11 is 1.30. The molecular formula is C18H17N3O4S2. The average molecular weight is 403 g/mol. The summed E-state index contributed by atoms with van der Waals surface area (Å²) in [5.74, 6) is -0.307. The first kappa shape index (κ1) is 17.9. The lowest BCUT2D eigenvalue weighted by Crippen LogP contribution is -2.35. The van der Waals surface area contributed by atoms with Gasteiger partial charge in [-0.25, -0.2) is 13.4 Å². The molecule has 9 heteroatoms. The number of hydrogen-bond acceptors (Lipinski definition) is 6. The average Bonchev–Trinajstić information content (AvgIpc) is 3.30. The molecule has 0 bridgehead atoms. The topological polar surface area (TPSA) is 92.5 Å². The molecule has 3 heterocycles. The van der Waals surface area contributed by atoms with Crippen LogP contribution in [0.15, 0.2) is 52.2 Å². The van der Waals surface area contributed by atoms with Gasteiger partial charge in [0, 0.05) is 17.8 Å². The minimum atomic E-state index is -3.56. The first-order chi connectivity index (χ1) is 12.9. The molecule has 1 N–H and O–H groups in total. The van der Waals surface area contributed by atoms with Crippen molar-refractivity contribution in [2.45, 2.75) is 24.8 Å². The highest BCUT2D eigenvalue weighted by Crippen LogP contribution is 2.31. The quantitative estimate of drug-likeness (QED) is 0.723. The Morgan fingerprint density at radius 2 is 2.04 bits per heavy atom. The first-order valence-electron chi connectivity index (χ1n) is 8.32. The van der Waals surface area contributed by atoms with Crippen LogP contribution in [-0.4, -0.2) is 30.2 Å².